The fourth-order valence-electron chi connectivity index (χ4n) is 1.92. The standard InChI is InChI=1S/C12H16N2O/c1-8(2)14-12-9(3)11(7-15)5-4-10(12)6-13-14/h4-6,8,15H,7H2,1-3H3. The van der Waals surface area contributed by atoms with Crippen LogP contribution < -0.4 is 0 Å². The van der Waals surface area contributed by atoms with Gasteiger partial charge in [-0.05, 0) is 31.9 Å². The number of benzene rings is 1. The highest BCUT2D eigenvalue weighted by molar-refractivity contribution is 5.83. The molecule has 0 spiro atoms. The lowest BCUT2D eigenvalue weighted by molar-refractivity contribution is 0.281. The van der Waals surface area contributed by atoms with Crippen LogP contribution in [0.5, 0.6) is 0 Å². The topological polar surface area (TPSA) is 38.1 Å². The average Bonchev–Trinajstić information content (AvgIpc) is 2.63. The van der Waals surface area contributed by atoms with Gasteiger partial charge in [0.2, 0.25) is 0 Å². The van der Waals surface area contributed by atoms with Crippen molar-refractivity contribution in [1.82, 2.24) is 9.78 Å². The van der Waals surface area contributed by atoms with Gasteiger partial charge in [-0.3, -0.25) is 4.68 Å². The molecule has 1 aromatic carbocycles. The first-order chi connectivity index (χ1) is 7.15. The minimum atomic E-state index is 0.0883. The van der Waals surface area contributed by atoms with Crippen molar-refractivity contribution in [2.24, 2.45) is 0 Å². The Kier molecular flexibility index (Phi) is 2.49. The Labute approximate surface area is 89.3 Å². The first kappa shape index (κ1) is 10.2. The van der Waals surface area contributed by atoms with Crippen molar-refractivity contribution >= 4 is 10.9 Å². The van der Waals surface area contributed by atoms with Gasteiger partial charge in [0, 0.05) is 11.4 Å². The summed E-state index contributed by atoms with van der Waals surface area (Å²) in [5.74, 6) is 0. The summed E-state index contributed by atoms with van der Waals surface area (Å²) in [6.45, 7) is 6.34. The van der Waals surface area contributed by atoms with E-state index in [1.54, 1.807) is 0 Å². The van der Waals surface area contributed by atoms with E-state index in [2.05, 4.69) is 18.9 Å². The van der Waals surface area contributed by atoms with Crippen molar-refractivity contribution in [3.05, 3.63) is 29.5 Å². The van der Waals surface area contributed by atoms with Crippen molar-refractivity contribution in [1.29, 1.82) is 0 Å². The SMILES string of the molecule is Cc1c(CO)ccc2cnn(C(C)C)c12. The number of aryl methyl sites for hydroxylation is 1. The summed E-state index contributed by atoms with van der Waals surface area (Å²) in [5, 5.41) is 14.7. The van der Waals surface area contributed by atoms with Crippen molar-refractivity contribution in [2.45, 2.75) is 33.4 Å². The molecule has 0 unspecified atom stereocenters. The van der Waals surface area contributed by atoms with Crippen molar-refractivity contribution in [3.63, 3.8) is 0 Å². The molecule has 0 aliphatic heterocycles. The van der Waals surface area contributed by atoms with E-state index in [4.69, 9.17) is 0 Å². The molecular formula is C12H16N2O. The largest absolute Gasteiger partial charge is 0.392 e. The van der Waals surface area contributed by atoms with E-state index in [-0.39, 0.29) is 6.61 Å². The lowest BCUT2D eigenvalue weighted by Gasteiger charge is -2.11. The molecule has 2 aromatic rings. The van der Waals surface area contributed by atoms with Gasteiger partial charge >= 0.3 is 0 Å². The van der Waals surface area contributed by atoms with Crippen LogP contribution in [-0.4, -0.2) is 14.9 Å². The summed E-state index contributed by atoms with van der Waals surface area (Å²) < 4.78 is 2.00. The molecule has 1 heterocycles. The Balaban J connectivity index is 2.76. The third-order valence-electron chi connectivity index (χ3n) is 2.78. The Bertz CT molecular complexity index is 486. The van der Waals surface area contributed by atoms with E-state index < -0.39 is 0 Å². The molecule has 3 nitrogen and oxygen atoms in total. The monoisotopic (exact) mass is 204 g/mol. The summed E-state index contributed by atoms with van der Waals surface area (Å²) in [7, 11) is 0. The summed E-state index contributed by atoms with van der Waals surface area (Å²) in [6, 6.07) is 4.32. The molecule has 0 saturated carbocycles. The molecular weight excluding hydrogens is 188 g/mol. The molecule has 0 amide bonds. The van der Waals surface area contributed by atoms with Crippen LogP contribution >= 0.6 is 0 Å². The predicted octanol–water partition coefficient (Wildman–Crippen LogP) is 2.42. The zero-order chi connectivity index (χ0) is 11.0. The van der Waals surface area contributed by atoms with E-state index in [1.807, 2.05) is 29.9 Å². The number of aromatic nitrogens is 2. The van der Waals surface area contributed by atoms with Crippen LogP contribution in [0.15, 0.2) is 18.3 Å². The van der Waals surface area contributed by atoms with Gasteiger partial charge in [0.15, 0.2) is 0 Å². The maximum absolute atomic E-state index is 9.22. The van der Waals surface area contributed by atoms with Gasteiger partial charge in [-0.2, -0.15) is 5.10 Å². The number of aliphatic hydroxyl groups excluding tert-OH is 1. The minimum Gasteiger partial charge on any atom is -0.392 e. The lowest BCUT2D eigenvalue weighted by atomic mass is 10.1. The van der Waals surface area contributed by atoms with Crippen LogP contribution in [0.2, 0.25) is 0 Å². The van der Waals surface area contributed by atoms with Crippen molar-refractivity contribution < 1.29 is 5.11 Å². The molecule has 2 rings (SSSR count). The molecule has 0 saturated heterocycles. The molecule has 80 valence electrons. The van der Waals surface area contributed by atoms with E-state index in [9.17, 15) is 5.11 Å². The Morgan fingerprint density at radius 3 is 2.73 bits per heavy atom. The van der Waals surface area contributed by atoms with Crippen LogP contribution in [-0.2, 0) is 6.61 Å². The van der Waals surface area contributed by atoms with Crippen molar-refractivity contribution in [3.8, 4) is 0 Å². The Hall–Kier alpha value is -1.35. The smallest absolute Gasteiger partial charge is 0.0718 e. The molecule has 3 heteroatoms. The fourth-order valence-corrected chi connectivity index (χ4v) is 1.92. The second-order valence-electron chi connectivity index (χ2n) is 4.13. The van der Waals surface area contributed by atoms with Gasteiger partial charge in [0.1, 0.15) is 0 Å². The number of fused-ring (bicyclic) bond motifs is 1. The quantitative estimate of drug-likeness (QED) is 0.815. The van der Waals surface area contributed by atoms with Gasteiger partial charge in [0.25, 0.3) is 0 Å². The molecule has 0 radical (unpaired) electrons. The molecule has 1 aromatic heterocycles. The Morgan fingerprint density at radius 1 is 1.40 bits per heavy atom. The van der Waals surface area contributed by atoms with E-state index in [1.165, 1.54) is 0 Å². The lowest BCUT2D eigenvalue weighted by Crippen LogP contribution is -2.04. The van der Waals surface area contributed by atoms with Crippen LogP contribution in [0.25, 0.3) is 10.9 Å². The zero-order valence-electron chi connectivity index (χ0n) is 9.36. The van der Waals surface area contributed by atoms with E-state index >= 15 is 0 Å². The average molecular weight is 204 g/mol. The first-order valence-corrected chi connectivity index (χ1v) is 5.21. The predicted molar refractivity (Wildman–Crippen MR) is 60.8 cm³/mol. The number of nitrogens with zero attached hydrogens (tertiary/aromatic N) is 2. The number of hydrogen-bond donors (Lipinski definition) is 1. The molecule has 0 fully saturated rings. The van der Waals surface area contributed by atoms with Gasteiger partial charge < -0.3 is 5.11 Å². The number of rotatable bonds is 2. The molecule has 1 N–H and O–H groups in total. The second kappa shape index (κ2) is 3.66. The van der Waals surface area contributed by atoms with Gasteiger partial charge in [-0.15, -0.1) is 0 Å². The summed E-state index contributed by atoms with van der Waals surface area (Å²) in [5.41, 5.74) is 3.24. The number of aliphatic hydroxyl groups is 1. The summed E-state index contributed by atoms with van der Waals surface area (Å²) in [6.07, 6.45) is 1.88. The van der Waals surface area contributed by atoms with Crippen LogP contribution in [0.3, 0.4) is 0 Å². The maximum Gasteiger partial charge on any atom is 0.0718 e. The Morgan fingerprint density at radius 2 is 2.13 bits per heavy atom. The van der Waals surface area contributed by atoms with E-state index in [0.29, 0.717) is 6.04 Å². The van der Waals surface area contributed by atoms with Crippen LogP contribution in [0.4, 0.5) is 0 Å². The molecule has 0 atom stereocenters. The summed E-state index contributed by atoms with van der Waals surface area (Å²) >= 11 is 0. The fraction of sp³-hybridized carbons (Fsp3) is 0.417. The maximum atomic E-state index is 9.22. The van der Waals surface area contributed by atoms with Crippen molar-refractivity contribution in [2.75, 3.05) is 0 Å². The van der Waals surface area contributed by atoms with Gasteiger partial charge in [-0.1, -0.05) is 12.1 Å². The second-order valence-corrected chi connectivity index (χ2v) is 4.13. The number of hydrogen-bond acceptors (Lipinski definition) is 2. The van der Waals surface area contributed by atoms with Gasteiger partial charge in [-0.25, -0.2) is 0 Å². The molecule has 0 aliphatic rings. The highest BCUT2D eigenvalue weighted by Gasteiger charge is 2.10. The van der Waals surface area contributed by atoms with Crippen LogP contribution in [0.1, 0.15) is 31.0 Å². The summed E-state index contributed by atoms with van der Waals surface area (Å²) in [4.78, 5) is 0. The highest BCUT2D eigenvalue weighted by Crippen LogP contribution is 2.24. The normalized spacial score (nSPS) is 11.5. The molecule has 15 heavy (non-hydrogen) atoms. The first-order valence-electron chi connectivity index (χ1n) is 5.21. The van der Waals surface area contributed by atoms with Gasteiger partial charge in [0.05, 0.1) is 18.3 Å². The van der Waals surface area contributed by atoms with Crippen LogP contribution in [0, 0.1) is 6.92 Å². The minimum absolute atomic E-state index is 0.0883. The molecule has 0 bridgehead atoms. The third kappa shape index (κ3) is 1.53. The third-order valence-corrected chi connectivity index (χ3v) is 2.78. The highest BCUT2D eigenvalue weighted by atomic mass is 16.3. The van der Waals surface area contributed by atoms with E-state index in [0.717, 1.165) is 22.0 Å². The molecule has 0 aliphatic carbocycles. The zero-order valence-corrected chi connectivity index (χ0v) is 9.36.